The number of benzene rings is 7. The van der Waals surface area contributed by atoms with Crippen LogP contribution in [0.3, 0.4) is 0 Å². The first-order chi connectivity index (χ1) is 26.7. The highest BCUT2D eigenvalue weighted by Crippen LogP contribution is 2.40. The predicted octanol–water partition coefficient (Wildman–Crippen LogP) is 12.5. The van der Waals surface area contributed by atoms with Crippen molar-refractivity contribution >= 4 is 50.3 Å². The molecular formula is C50H38N4. The average Bonchev–Trinajstić information content (AvgIpc) is 3.81. The minimum Gasteiger partial charge on any atom is -0.359 e. The van der Waals surface area contributed by atoms with Crippen LogP contribution in [0.5, 0.6) is 0 Å². The maximum atomic E-state index is 5.22. The van der Waals surface area contributed by atoms with Crippen molar-refractivity contribution in [1.29, 1.82) is 0 Å². The smallest absolute Gasteiger partial charge is 0.134 e. The Morgan fingerprint density at radius 3 is 2.13 bits per heavy atom. The lowest BCUT2D eigenvalue weighted by atomic mass is 9.91. The SMILES string of the molecule is C/C=C\c1cccc(-c2ccc(C3NC(c4ccc5c(c4)c4ccc6c(ccn6-c6ccccc6)c4n5-c4ccccc4)=Nc4ccccc43)cc2)c1C. The molecular weight excluding hydrogens is 657 g/mol. The van der Waals surface area contributed by atoms with Crippen molar-refractivity contribution in [2.45, 2.75) is 19.9 Å². The highest BCUT2D eigenvalue weighted by Gasteiger charge is 2.25. The monoisotopic (exact) mass is 694 g/mol. The second-order valence-electron chi connectivity index (χ2n) is 14.1. The van der Waals surface area contributed by atoms with Gasteiger partial charge in [0.1, 0.15) is 5.84 Å². The summed E-state index contributed by atoms with van der Waals surface area (Å²) in [6.45, 7) is 4.27. The largest absolute Gasteiger partial charge is 0.359 e. The van der Waals surface area contributed by atoms with Crippen molar-refractivity contribution in [2.75, 3.05) is 0 Å². The summed E-state index contributed by atoms with van der Waals surface area (Å²) >= 11 is 0. The molecule has 2 aromatic heterocycles. The fraction of sp³-hybridized carbons (Fsp3) is 0.0600. The Balaban J connectivity index is 1.09. The van der Waals surface area contributed by atoms with E-state index in [1.54, 1.807) is 0 Å². The van der Waals surface area contributed by atoms with Gasteiger partial charge >= 0.3 is 0 Å². The molecule has 0 fully saturated rings. The highest BCUT2D eigenvalue weighted by atomic mass is 15.1. The molecule has 7 aromatic carbocycles. The fourth-order valence-electron chi connectivity index (χ4n) is 8.33. The molecule has 0 aliphatic carbocycles. The van der Waals surface area contributed by atoms with E-state index < -0.39 is 0 Å². The second-order valence-corrected chi connectivity index (χ2v) is 14.1. The Kier molecular flexibility index (Phi) is 7.62. The number of fused-ring (bicyclic) bond motifs is 6. The van der Waals surface area contributed by atoms with E-state index in [0.717, 1.165) is 34.0 Å². The van der Waals surface area contributed by atoms with Gasteiger partial charge in [0.2, 0.25) is 0 Å². The van der Waals surface area contributed by atoms with Crippen molar-refractivity contribution in [3.63, 3.8) is 0 Å². The molecule has 258 valence electrons. The molecule has 0 amide bonds. The molecule has 4 heteroatoms. The number of hydrogen-bond donors (Lipinski definition) is 1. The van der Waals surface area contributed by atoms with E-state index in [0.29, 0.717) is 0 Å². The van der Waals surface area contributed by atoms with Crippen LogP contribution in [-0.4, -0.2) is 15.0 Å². The van der Waals surface area contributed by atoms with Crippen LogP contribution in [0.15, 0.2) is 181 Å². The molecule has 0 radical (unpaired) electrons. The lowest BCUT2D eigenvalue weighted by molar-refractivity contribution is 0.749. The minimum absolute atomic E-state index is 0.0445. The summed E-state index contributed by atoms with van der Waals surface area (Å²) in [5.74, 6) is 0.872. The predicted molar refractivity (Wildman–Crippen MR) is 227 cm³/mol. The first-order valence-electron chi connectivity index (χ1n) is 18.6. The molecule has 1 aliphatic rings. The third-order valence-corrected chi connectivity index (χ3v) is 11.0. The second kappa shape index (κ2) is 12.9. The minimum atomic E-state index is -0.0445. The van der Waals surface area contributed by atoms with E-state index in [-0.39, 0.29) is 6.04 Å². The number of amidine groups is 1. The third kappa shape index (κ3) is 5.18. The van der Waals surface area contributed by atoms with E-state index in [9.17, 15) is 0 Å². The van der Waals surface area contributed by atoms with Crippen molar-refractivity contribution < 1.29 is 0 Å². The zero-order valence-corrected chi connectivity index (χ0v) is 30.2. The summed E-state index contributed by atoms with van der Waals surface area (Å²) in [5.41, 5.74) is 15.3. The van der Waals surface area contributed by atoms with Crippen molar-refractivity contribution in [2.24, 2.45) is 4.99 Å². The molecule has 3 heterocycles. The van der Waals surface area contributed by atoms with Crippen molar-refractivity contribution in [3.8, 4) is 22.5 Å². The lowest BCUT2D eigenvalue weighted by Gasteiger charge is -2.28. The maximum Gasteiger partial charge on any atom is 0.134 e. The van der Waals surface area contributed by atoms with E-state index >= 15 is 0 Å². The summed E-state index contributed by atoms with van der Waals surface area (Å²) in [6, 6.07) is 58.9. The molecule has 1 atom stereocenters. The lowest BCUT2D eigenvalue weighted by Crippen LogP contribution is -2.32. The van der Waals surface area contributed by atoms with Gasteiger partial charge in [-0.25, -0.2) is 4.99 Å². The van der Waals surface area contributed by atoms with Gasteiger partial charge in [-0.2, -0.15) is 0 Å². The van der Waals surface area contributed by atoms with Gasteiger partial charge in [-0.3, -0.25) is 0 Å². The molecule has 9 aromatic rings. The number of rotatable bonds is 6. The van der Waals surface area contributed by atoms with E-state index in [4.69, 9.17) is 4.99 Å². The molecule has 54 heavy (non-hydrogen) atoms. The van der Waals surface area contributed by atoms with Crippen LogP contribution < -0.4 is 5.32 Å². The van der Waals surface area contributed by atoms with Crippen LogP contribution in [0.25, 0.3) is 61.3 Å². The average molecular weight is 695 g/mol. The summed E-state index contributed by atoms with van der Waals surface area (Å²) in [6.07, 6.45) is 6.46. The van der Waals surface area contributed by atoms with Gasteiger partial charge in [-0.1, -0.05) is 115 Å². The number of nitrogens with one attached hydrogen (secondary N) is 1. The zero-order chi connectivity index (χ0) is 36.2. The van der Waals surface area contributed by atoms with Crippen LogP contribution >= 0.6 is 0 Å². The summed E-state index contributed by atoms with van der Waals surface area (Å²) < 4.78 is 4.69. The van der Waals surface area contributed by atoms with Gasteiger partial charge in [-0.05, 0) is 102 Å². The van der Waals surface area contributed by atoms with Gasteiger partial charge in [-0.15, -0.1) is 0 Å². The van der Waals surface area contributed by atoms with Crippen LogP contribution in [-0.2, 0) is 0 Å². The van der Waals surface area contributed by atoms with E-state index in [1.165, 1.54) is 60.6 Å². The number of hydrogen-bond acceptors (Lipinski definition) is 2. The molecule has 0 saturated heterocycles. The number of aromatic nitrogens is 2. The van der Waals surface area contributed by atoms with Gasteiger partial charge in [0.15, 0.2) is 0 Å². The summed E-state index contributed by atoms with van der Waals surface area (Å²) in [7, 11) is 0. The highest BCUT2D eigenvalue weighted by molar-refractivity contribution is 6.20. The summed E-state index contributed by atoms with van der Waals surface area (Å²) in [4.78, 5) is 5.22. The van der Waals surface area contributed by atoms with Crippen molar-refractivity contribution in [3.05, 3.63) is 204 Å². The molecule has 4 nitrogen and oxygen atoms in total. The number of aliphatic imine (C=N–C) groups is 1. The first-order valence-corrected chi connectivity index (χ1v) is 18.6. The molecule has 1 N–H and O–H groups in total. The van der Waals surface area contributed by atoms with Crippen LogP contribution in [0.4, 0.5) is 5.69 Å². The molecule has 0 spiro atoms. The van der Waals surface area contributed by atoms with Gasteiger partial charge < -0.3 is 14.5 Å². The van der Waals surface area contributed by atoms with Crippen molar-refractivity contribution in [1.82, 2.24) is 14.5 Å². The topological polar surface area (TPSA) is 34.2 Å². The maximum absolute atomic E-state index is 5.22. The molecule has 1 aliphatic heterocycles. The molecule has 1 unspecified atom stereocenters. The quantitative estimate of drug-likeness (QED) is 0.185. The van der Waals surface area contributed by atoms with E-state index in [1.807, 2.05) is 0 Å². The fourth-order valence-corrected chi connectivity index (χ4v) is 8.33. The van der Waals surface area contributed by atoms with Crippen LogP contribution in [0.1, 0.15) is 40.8 Å². The molecule has 0 bridgehead atoms. The van der Waals surface area contributed by atoms with Crippen LogP contribution in [0.2, 0.25) is 0 Å². The number of allylic oxidation sites excluding steroid dienone is 1. The third-order valence-electron chi connectivity index (χ3n) is 11.0. The normalized spacial score (nSPS) is 14.1. The first kappa shape index (κ1) is 31.8. The Bertz CT molecular complexity index is 2910. The van der Waals surface area contributed by atoms with E-state index in [2.05, 4.69) is 210 Å². The van der Waals surface area contributed by atoms with Crippen LogP contribution in [0, 0.1) is 6.92 Å². The Morgan fingerprint density at radius 2 is 1.33 bits per heavy atom. The summed E-state index contributed by atoms with van der Waals surface area (Å²) in [5, 5.41) is 7.50. The van der Waals surface area contributed by atoms with Gasteiger partial charge in [0.25, 0.3) is 0 Å². The Hall–Kier alpha value is -6.91. The van der Waals surface area contributed by atoms with Gasteiger partial charge in [0, 0.05) is 44.9 Å². The number of nitrogens with zero attached hydrogens (tertiary/aromatic N) is 3. The molecule has 10 rings (SSSR count). The Morgan fingerprint density at radius 1 is 0.611 bits per heavy atom. The molecule has 0 saturated carbocycles. The Labute approximate surface area is 315 Å². The number of para-hydroxylation sites is 3. The zero-order valence-electron chi connectivity index (χ0n) is 30.2. The standard InChI is InChI=1S/C50H38N4/c1-3-13-34-14-12-20-40(33(34)2)35-22-24-36(25-23-35)48-42-19-10-11-21-45(42)51-50(52-48)37-26-28-47-44(32-37)41-27-29-46-43(30-31-53(46)38-15-6-4-7-16-38)49(41)54(47)39-17-8-5-9-18-39/h3-32,48H,1-2H3,(H,51,52)/b13-3-. The van der Waals surface area contributed by atoms with Gasteiger partial charge in [0.05, 0.1) is 28.3 Å².